The Morgan fingerprint density at radius 1 is 1.56 bits per heavy atom. The SMILES string of the molecule is Cc1cc(C(N)CCCCC(N)=O)sc1Cl. The molecular weight excluding hydrogens is 244 g/mol. The van der Waals surface area contributed by atoms with Crippen molar-refractivity contribution < 1.29 is 4.79 Å². The van der Waals surface area contributed by atoms with Gasteiger partial charge in [0.1, 0.15) is 0 Å². The zero-order valence-electron chi connectivity index (χ0n) is 9.33. The van der Waals surface area contributed by atoms with Crippen molar-refractivity contribution in [1.82, 2.24) is 0 Å². The minimum absolute atomic E-state index is 0.0177. The van der Waals surface area contributed by atoms with Crippen LogP contribution in [-0.4, -0.2) is 5.91 Å². The molecule has 3 nitrogen and oxygen atoms in total. The number of amides is 1. The molecule has 0 saturated heterocycles. The summed E-state index contributed by atoms with van der Waals surface area (Å²) in [4.78, 5) is 11.7. The van der Waals surface area contributed by atoms with Crippen LogP contribution in [0.2, 0.25) is 4.34 Å². The van der Waals surface area contributed by atoms with E-state index in [-0.39, 0.29) is 11.9 Å². The number of halogens is 1. The normalized spacial score (nSPS) is 12.7. The molecule has 1 unspecified atom stereocenters. The van der Waals surface area contributed by atoms with E-state index in [1.54, 1.807) is 0 Å². The van der Waals surface area contributed by atoms with Crippen LogP contribution in [0.15, 0.2) is 6.07 Å². The van der Waals surface area contributed by atoms with E-state index in [2.05, 4.69) is 0 Å². The van der Waals surface area contributed by atoms with Crippen LogP contribution in [0.3, 0.4) is 0 Å². The molecule has 1 aromatic heterocycles. The summed E-state index contributed by atoms with van der Waals surface area (Å²) in [6.45, 7) is 1.97. The van der Waals surface area contributed by atoms with Crippen LogP contribution in [0.4, 0.5) is 0 Å². The molecule has 1 aromatic rings. The van der Waals surface area contributed by atoms with Gasteiger partial charge in [0.05, 0.1) is 4.34 Å². The lowest BCUT2D eigenvalue weighted by molar-refractivity contribution is -0.118. The number of carbonyl (C=O) groups is 1. The van der Waals surface area contributed by atoms with Crippen LogP contribution in [0.5, 0.6) is 0 Å². The summed E-state index contributed by atoms with van der Waals surface area (Å²) in [5.74, 6) is -0.247. The van der Waals surface area contributed by atoms with Gasteiger partial charge in [-0.3, -0.25) is 4.79 Å². The van der Waals surface area contributed by atoms with Crippen LogP contribution in [0.25, 0.3) is 0 Å². The molecule has 0 aliphatic carbocycles. The second-order valence-corrected chi connectivity index (χ2v) is 5.61. The summed E-state index contributed by atoms with van der Waals surface area (Å²) in [6.07, 6.45) is 3.03. The number of primary amides is 1. The molecule has 1 amide bonds. The maximum atomic E-state index is 10.5. The number of hydrogen-bond acceptors (Lipinski definition) is 3. The number of thiophene rings is 1. The highest BCUT2D eigenvalue weighted by Gasteiger charge is 2.11. The van der Waals surface area contributed by atoms with Crippen molar-refractivity contribution in [3.05, 3.63) is 20.8 Å². The highest BCUT2D eigenvalue weighted by atomic mass is 35.5. The van der Waals surface area contributed by atoms with Gasteiger partial charge < -0.3 is 11.5 Å². The number of carbonyl (C=O) groups excluding carboxylic acids is 1. The standard InChI is InChI=1S/C11H17ClN2OS/c1-7-6-9(16-11(7)12)8(13)4-2-3-5-10(14)15/h6,8H,2-5,13H2,1H3,(H2,14,15). The van der Waals surface area contributed by atoms with Crippen LogP contribution in [0, 0.1) is 6.92 Å². The van der Waals surface area contributed by atoms with E-state index in [1.807, 2.05) is 13.0 Å². The smallest absolute Gasteiger partial charge is 0.217 e. The minimum atomic E-state index is -0.247. The molecule has 1 atom stereocenters. The van der Waals surface area contributed by atoms with Crippen molar-refractivity contribution in [2.24, 2.45) is 11.5 Å². The Hall–Kier alpha value is -0.580. The molecule has 0 aliphatic rings. The predicted octanol–water partition coefficient (Wildman–Crippen LogP) is 2.76. The second-order valence-electron chi connectivity index (χ2n) is 3.92. The first-order valence-electron chi connectivity index (χ1n) is 5.30. The topological polar surface area (TPSA) is 69.1 Å². The fraction of sp³-hybridized carbons (Fsp3) is 0.545. The van der Waals surface area contributed by atoms with Gasteiger partial charge in [0.25, 0.3) is 0 Å². The average molecular weight is 261 g/mol. The van der Waals surface area contributed by atoms with Gasteiger partial charge in [0.2, 0.25) is 5.91 Å². The van der Waals surface area contributed by atoms with Gasteiger partial charge in [-0.1, -0.05) is 18.0 Å². The van der Waals surface area contributed by atoms with Crippen molar-refractivity contribution in [3.63, 3.8) is 0 Å². The van der Waals surface area contributed by atoms with E-state index in [0.29, 0.717) is 6.42 Å². The molecule has 1 heterocycles. The summed E-state index contributed by atoms with van der Waals surface area (Å²) in [7, 11) is 0. The van der Waals surface area contributed by atoms with E-state index in [9.17, 15) is 4.79 Å². The van der Waals surface area contributed by atoms with Crippen molar-refractivity contribution in [2.45, 2.75) is 38.6 Å². The zero-order valence-corrected chi connectivity index (χ0v) is 10.9. The maximum Gasteiger partial charge on any atom is 0.217 e. The van der Waals surface area contributed by atoms with Gasteiger partial charge >= 0.3 is 0 Å². The fourth-order valence-electron chi connectivity index (χ4n) is 1.47. The monoisotopic (exact) mass is 260 g/mol. The Kier molecular flexibility index (Phi) is 5.25. The van der Waals surface area contributed by atoms with E-state index >= 15 is 0 Å². The highest BCUT2D eigenvalue weighted by Crippen LogP contribution is 2.31. The Morgan fingerprint density at radius 2 is 2.25 bits per heavy atom. The molecule has 90 valence electrons. The third-order valence-corrected chi connectivity index (χ3v) is 4.12. The Morgan fingerprint density at radius 3 is 2.75 bits per heavy atom. The summed E-state index contributed by atoms with van der Waals surface area (Å²) in [6, 6.07) is 2.05. The summed E-state index contributed by atoms with van der Waals surface area (Å²) < 4.78 is 0.808. The fourth-order valence-corrected chi connectivity index (χ4v) is 2.73. The van der Waals surface area contributed by atoms with E-state index < -0.39 is 0 Å². The van der Waals surface area contributed by atoms with E-state index in [0.717, 1.165) is 34.0 Å². The first kappa shape index (κ1) is 13.5. The largest absolute Gasteiger partial charge is 0.370 e. The Balaban J connectivity index is 2.35. The highest BCUT2D eigenvalue weighted by molar-refractivity contribution is 7.16. The van der Waals surface area contributed by atoms with Gasteiger partial charge in [-0.2, -0.15) is 0 Å². The van der Waals surface area contributed by atoms with Crippen LogP contribution >= 0.6 is 22.9 Å². The van der Waals surface area contributed by atoms with Crippen molar-refractivity contribution in [1.29, 1.82) is 0 Å². The molecule has 0 radical (unpaired) electrons. The number of nitrogens with two attached hydrogens (primary N) is 2. The first-order chi connectivity index (χ1) is 7.50. The number of unbranched alkanes of at least 4 members (excludes halogenated alkanes) is 1. The minimum Gasteiger partial charge on any atom is -0.370 e. The molecule has 16 heavy (non-hydrogen) atoms. The zero-order chi connectivity index (χ0) is 12.1. The number of rotatable bonds is 6. The van der Waals surface area contributed by atoms with Gasteiger partial charge in [0.15, 0.2) is 0 Å². The first-order valence-corrected chi connectivity index (χ1v) is 6.50. The third kappa shape index (κ3) is 4.12. The van der Waals surface area contributed by atoms with Crippen molar-refractivity contribution in [2.75, 3.05) is 0 Å². The molecule has 4 N–H and O–H groups in total. The molecule has 0 aromatic carbocycles. The van der Waals surface area contributed by atoms with Crippen LogP contribution in [-0.2, 0) is 4.79 Å². The summed E-state index contributed by atoms with van der Waals surface area (Å²) in [5, 5.41) is 0. The van der Waals surface area contributed by atoms with Crippen molar-refractivity contribution in [3.8, 4) is 0 Å². The summed E-state index contributed by atoms with van der Waals surface area (Å²) >= 11 is 7.51. The molecule has 0 saturated carbocycles. The predicted molar refractivity (Wildman–Crippen MR) is 68.7 cm³/mol. The molecule has 0 aliphatic heterocycles. The van der Waals surface area contributed by atoms with Gasteiger partial charge in [0, 0.05) is 17.3 Å². The van der Waals surface area contributed by atoms with Gasteiger partial charge in [-0.25, -0.2) is 0 Å². The molecule has 0 spiro atoms. The average Bonchev–Trinajstić information content (AvgIpc) is 2.54. The lowest BCUT2D eigenvalue weighted by atomic mass is 10.1. The van der Waals surface area contributed by atoms with E-state index in [4.69, 9.17) is 23.1 Å². The lowest BCUT2D eigenvalue weighted by Crippen LogP contribution is -2.11. The third-order valence-electron chi connectivity index (χ3n) is 2.43. The molecule has 0 fully saturated rings. The number of aryl methyl sites for hydroxylation is 1. The van der Waals surface area contributed by atoms with Crippen LogP contribution in [0.1, 0.15) is 42.2 Å². The quantitative estimate of drug-likeness (QED) is 0.772. The Labute approximate surface area is 105 Å². The van der Waals surface area contributed by atoms with Crippen LogP contribution < -0.4 is 11.5 Å². The molecule has 5 heteroatoms. The molecule has 1 rings (SSSR count). The lowest BCUT2D eigenvalue weighted by Gasteiger charge is -2.08. The van der Waals surface area contributed by atoms with Gasteiger partial charge in [-0.15, -0.1) is 11.3 Å². The maximum absolute atomic E-state index is 10.5. The van der Waals surface area contributed by atoms with Gasteiger partial charge in [-0.05, 0) is 31.4 Å². The summed E-state index contributed by atoms with van der Waals surface area (Å²) in [5.41, 5.74) is 12.2. The second kappa shape index (κ2) is 6.23. The molecular formula is C11H17ClN2OS. The van der Waals surface area contributed by atoms with Crippen molar-refractivity contribution >= 4 is 28.8 Å². The molecule has 0 bridgehead atoms. The number of hydrogen-bond donors (Lipinski definition) is 2. The Bertz CT molecular complexity index is 345. The van der Waals surface area contributed by atoms with E-state index in [1.165, 1.54) is 11.3 Å².